The molecule has 0 spiro atoms. The van der Waals surface area contributed by atoms with E-state index in [0.717, 1.165) is 48.6 Å². The lowest BCUT2D eigenvalue weighted by Gasteiger charge is -2.39. The molecule has 0 bridgehead atoms. The monoisotopic (exact) mass is 522 g/mol. The summed E-state index contributed by atoms with van der Waals surface area (Å²) in [5, 5.41) is 4.57. The van der Waals surface area contributed by atoms with Gasteiger partial charge in [-0.25, -0.2) is 0 Å². The molecule has 7 heteroatoms. The van der Waals surface area contributed by atoms with Gasteiger partial charge in [0.25, 0.3) is 0 Å². The van der Waals surface area contributed by atoms with Gasteiger partial charge in [-0.05, 0) is 60.8 Å². The minimum atomic E-state index is -2.09. The summed E-state index contributed by atoms with van der Waals surface area (Å²) in [6, 6.07) is 17.5. The number of unbranched alkanes of at least 4 members (excludes halogenated alkanes) is 3. The van der Waals surface area contributed by atoms with Crippen LogP contribution in [-0.2, 0) is 15.8 Å². The quantitative estimate of drug-likeness (QED) is 0.143. The molecule has 0 aliphatic rings. The van der Waals surface area contributed by atoms with Gasteiger partial charge in [-0.3, -0.25) is 4.79 Å². The first kappa shape index (κ1) is 28.8. The molecule has 0 radical (unpaired) electrons. The fraction of sp³-hybridized carbons (Fsp3) is 0.467. The van der Waals surface area contributed by atoms with Crippen molar-refractivity contribution in [1.82, 2.24) is 10.3 Å². The van der Waals surface area contributed by atoms with Crippen molar-refractivity contribution in [3.63, 3.8) is 0 Å². The molecular weight excluding hydrogens is 480 g/mol. The molecule has 1 atom stereocenters. The van der Waals surface area contributed by atoms with Crippen molar-refractivity contribution in [2.24, 2.45) is 0 Å². The maximum atomic E-state index is 12.3. The molecule has 2 N–H and O–H groups in total. The van der Waals surface area contributed by atoms with Crippen molar-refractivity contribution in [3.05, 3.63) is 76.1 Å². The van der Waals surface area contributed by atoms with E-state index in [0.29, 0.717) is 30.8 Å². The molecule has 1 aromatic heterocycles. The highest BCUT2D eigenvalue weighted by molar-refractivity contribution is 6.74. The molecule has 0 fully saturated rings. The summed E-state index contributed by atoms with van der Waals surface area (Å²) in [7, 11) is -2.09. The summed E-state index contributed by atoms with van der Waals surface area (Å²) in [6.45, 7) is 13.2. The van der Waals surface area contributed by atoms with Crippen LogP contribution in [0.25, 0.3) is 10.9 Å². The lowest BCUT2D eigenvalue weighted by Crippen LogP contribution is -2.43. The van der Waals surface area contributed by atoms with Gasteiger partial charge in [-0.1, -0.05) is 63.6 Å². The topological polar surface area (TPSA) is 80.4 Å². The molecule has 0 unspecified atom stereocenters. The first-order chi connectivity index (χ1) is 17.6. The van der Waals surface area contributed by atoms with Gasteiger partial charge in [0.05, 0.1) is 11.6 Å². The highest BCUT2D eigenvalue weighted by atomic mass is 28.4. The molecule has 0 amide bonds. The van der Waals surface area contributed by atoms with Gasteiger partial charge in [0.2, 0.25) is 5.56 Å². The summed E-state index contributed by atoms with van der Waals surface area (Å²) in [6.07, 6.45) is 4.40. The number of fused-ring (bicyclic) bond motifs is 1. The van der Waals surface area contributed by atoms with Crippen molar-refractivity contribution in [1.29, 1.82) is 0 Å². The van der Waals surface area contributed by atoms with E-state index in [9.17, 15) is 9.59 Å². The molecule has 0 aliphatic heterocycles. The first-order valence-corrected chi connectivity index (χ1v) is 16.2. The molecule has 1 heterocycles. The number of aldehydes is 1. The second kappa shape index (κ2) is 13.2. The van der Waals surface area contributed by atoms with Gasteiger partial charge in [0, 0.05) is 24.4 Å². The molecular formula is C30H42N2O4Si. The number of benzene rings is 2. The predicted octanol–water partition coefficient (Wildman–Crippen LogP) is 6.52. The molecule has 6 nitrogen and oxygen atoms in total. The largest absolute Gasteiger partial charge is 0.487 e. The SMILES string of the molecule is CC(C)(C)[Si](C)(C)O[C@@H](CNCCCCCC=O)c1ccc(OCc2ccccc2)c2[nH]c(=O)ccc12. The van der Waals surface area contributed by atoms with Gasteiger partial charge in [-0.2, -0.15) is 0 Å². The summed E-state index contributed by atoms with van der Waals surface area (Å²) in [5.41, 5.74) is 2.63. The Morgan fingerprint density at radius 2 is 1.76 bits per heavy atom. The third-order valence-electron chi connectivity index (χ3n) is 7.22. The smallest absolute Gasteiger partial charge is 0.248 e. The Balaban J connectivity index is 1.89. The van der Waals surface area contributed by atoms with E-state index in [4.69, 9.17) is 9.16 Å². The number of aromatic nitrogens is 1. The Kier molecular flexibility index (Phi) is 10.3. The maximum Gasteiger partial charge on any atom is 0.248 e. The van der Waals surface area contributed by atoms with Crippen molar-refractivity contribution >= 4 is 25.5 Å². The molecule has 3 rings (SSSR count). The minimum Gasteiger partial charge on any atom is -0.487 e. The molecule has 2 aromatic carbocycles. The van der Waals surface area contributed by atoms with Crippen LogP contribution in [0.1, 0.15) is 63.7 Å². The number of H-pyrrole nitrogens is 1. The van der Waals surface area contributed by atoms with Gasteiger partial charge in [0.1, 0.15) is 18.6 Å². The average molecular weight is 523 g/mol. The average Bonchev–Trinajstić information content (AvgIpc) is 2.86. The van der Waals surface area contributed by atoms with E-state index in [1.807, 2.05) is 42.5 Å². The molecule has 0 saturated carbocycles. The Hall–Kier alpha value is -2.74. The van der Waals surface area contributed by atoms with Crippen molar-refractivity contribution in [3.8, 4) is 5.75 Å². The fourth-order valence-electron chi connectivity index (χ4n) is 4.02. The molecule has 0 aliphatic carbocycles. The summed E-state index contributed by atoms with van der Waals surface area (Å²) in [5.74, 6) is 0.648. The van der Waals surface area contributed by atoms with Crippen LogP contribution in [0.2, 0.25) is 18.1 Å². The molecule has 37 heavy (non-hydrogen) atoms. The van der Waals surface area contributed by atoms with Gasteiger partial charge >= 0.3 is 0 Å². The van der Waals surface area contributed by atoms with Crippen LogP contribution in [-0.4, -0.2) is 32.7 Å². The minimum absolute atomic E-state index is 0.0585. The summed E-state index contributed by atoms with van der Waals surface area (Å²) >= 11 is 0. The number of carbonyl (C=O) groups is 1. The number of nitrogens with one attached hydrogen (secondary N) is 2. The summed E-state index contributed by atoms with van der Waals surface area (Å²) in [4.78, 5) is 25.9. The van der Waals surface area contributed by atoms with Crippen LogP contribution in [0.15, 0.2) is 59.4 Å². The van der Waals surface area contributed by atoms with Crippen molar-refractivity contribution in [2.75, 3.05) is 13.1 Å². The van der Waals surface area contributed by atoms with E-state index in [-0.39, 0.29) is 16.7 Å². The number of hydrogen-bond acceptors (Lipinski definition) is 5. The van der Waals surface area contributed by atoms with E-state index in [1.54, 1.807) is 6.07 Å². The van der Waals surface area contributed by atoms with Crippen molar-refractivity contribution in [2.45, 2.75) is 77.3 Å². The molecule has 0 saturated heterocycles. The van der Waals surface area contributed by atoms with Crippen LogP contribution in [0.3, 0.4) is 0 Å². The zero-order chi connectivity index (χ0) is 26.9. The standard InChI is InChI=1S/C30H42N2O4Si/c1-30(2,3)37(4,5)36-27(21-31-19-11-6-7-12-20-33)24-15-17-26(29-25(24)16-18-28(34)32-29)35-22-23-13-9-8-10-14-23/h8-10,13-18,20,27,31H,6-7,11-12,19,21-22H2,1-5H3,(H,32,34)/t27-/m0/s1. The van der Waals surface area contributed by atoms with E-state index >= 15 is 0 Å². The predicted molar refractivity (Wildman–Crippen MR) is 154 cm³/mol. The number of hydrogen-bond donors (Lipinski definition) is 2. The van der Waals surface area contributed by atoms with Crippen LogP contribution in [0.5, 0.6) is 5.75 Å². The van der Waals surface area contributed by atoms with Crippen LogP contribution in [0, 0.1) is 0 Å². The molecule has 3 aromatic rings. The lowest BCUT2D eigenvalue weighted by molar-refractivity contribution is -0.107. The number of ether oxygens (including phenoxy) is 1. The Bertz CT molecular complexity index is 1200. The summed E-state index contributed by atoms with van der Waals surface area (Å²) < 4.78 is 13.1. The van der Waals surface area contributed by atoms with Crippen LogP contribution < -0.4 is 15.6 Å². The third kappa shape index (κ3) is 8.12. The van der Waals surface area contributed by atoms with Gasteiger partial charge in [-0.15, -0.1) is 0 Å². The Morgan fingerprint density at radius 3 is 2.46 bits per heavy atom. The van der Waals surface area contributed by atoms with Gasteiger partial charge in [0.15, 0.2) is 8.32 Å². The van der Waals surface area contributed by atoms with E-state index < -0.39 is 8.32 Å². The van der Waals surface area contributed by atoms with Crippen molar-refractivity contribution < 1.29 is 14.0 Å². The van der Waals surface area contributed by atoms with E-state index in [2.05, 4.69) is 50.2 Å². The third-order valence-corrected chi connectivity index (χ3v) is 11.7. The fourth-order valence-corrected chi connectivity index (χ4v) is 5.29. The van der Waals surface area contributed by atoms with Gasteiger partial charge < -0.3 is 24.3 Å². The zero-order valence-electron chi connectivity index (χ0n) is 22.9. The van der Waals surface area contributed by atoms with Crippen LogP contribution in [0.4, 0.5) is 0 Å². The normalized spacial score (nSPS) is 13.0. The van der Waals surface area contributed by atoms with Crippen LogP contribution >= 0.6 is 0 Å². The number of rotatable bonds is 14. The van der Waals surface area contributed by atoms with E-state index in [1.165, 1.54) is 0 Å². The second-order valence-electron chi connectivity index (χ2n) is 11.1. The number of pyridine rings is 1. The molecule has 200 valence electrons. The Labute approximate surface area is 221 Å². The first-order valence-electron chi connectivity index (χ1n) is 13.3. The second-order valence-corrected chi connectivity index (χ2v) is 15.9. The Morgan fingerprint density at radius 1 is 1.00 bits per heavy atom. The highest BCUT2D eigenvalue weighted by Gasteiger charge is 2.39. The highest BCUT2D eigenvalue weighted by Crippen LogP contribution is 2.41. The maximum absolute atomic E-state index is 12.3. The zero-order valence-corrected chi connectivity index (χ0v) is 23.9. The number of carbonyl (C=O) groups excluding carboxylic acids is 1. The lowest BCUT2D eigenvalue weighted by atomic mass is 10.0. The number of aromatic amines is 1.